The molecule has 1 atom stereocenters. The Hall–Kier alpha value is -3.78. The Bertz CT molecular complexity index is 1010. The second-order valence-corrected chi connectivity index (χ2v) is 6.73. The highest BCUT2D eigenvalue weighted by Gasteiger charge is 2.14. The highest BCUT2D eigenvalue weighted by atomic mass is 16.5. The van der Waals surface area contributed by atoms with Crippen molar-refractivity contribution < 1.29 is 9.53 Å². The minimum Gasteiger partial charge on any atom is -0.496 e. The Balaban J connectivity index is 1.68. The smallest absolute Gasteiger partial charge is 0.246 e. The molecule has 0 spiro atoms. The van der Waals surface area contributed by atoms with Gasteiger partial charge in [-0.1, -0.05) is 30.3 Å². The molecule has 1 amide bonds. The van der Waals surface area contributed by atoms with Crippen LogP contribution >= 0.6 is 0 Å². The van der Waals surface area contributed by atoms with Crippen molar-refractivity contribution in [2.75, 3.05) is 17.7 Å². The Morgan fingerprint density at radius 3 is 2.38 bits per heavy atom. The fraction of sp³-hybridized carbons (Fsp3) is 0.167. The molecule has 5 nitrogen and oxygen atoms in total. The number of nitrogens with one attached hydrogen (secondary N) is 2. The molecule has 0 aliphatic rings. The second kappa shape index (κ2) is 9.43. The summed E-state index contributed by atoms with van der Waals surface area (Å²) in [5.41, 5.74) is 4.29. The van der Waals surface area contributed by atoms with E-state index in [1.54, 1.807) is 38.3 Å². The molecule has 146 valence electrons. The van der Waals surface area contributed by atoms with Crippen molar-refractivity contribution in [3.63, 3.8) is 0 Å². The van der Waals surface area contributed by atoms with E-state index in [-0.39, 0.29) is 5.91 Å². The average molecular weight is 385 g/mol. The fourth-order valence-electron chi connectivity index (χ4n) is 3.02. The molecule has 0 aromatic heterocycles. The number of nitriles is 1. The Morgan fingerprint density at radius 2 is 1.72 bits per heavy atom. The second-order valence-electron chi connectivity index (χ2n) is 6.73. The highest BCUT2D eigenvalue weighted by molar-refractivity contribution is 5.96. The van der Waals surface area contributed by atoms with Gasteiger partial charge in [-0.05, 0) is 55.0 Å². The van der Waals surface area contributed by atoms with Crippen molar-refractivity contribution in [2.24, 2.45) is 0 Å². The normalized spacial score (nSPS) is 11.2. The zero-order valence-corrected chi connectivity index (χ0v) is 16.5. The van der Waals surface area contributed by atoms with Crippen LogP contribution in [0.2, 0.25) is 0 Å². The number of carbonyl (C=O) groups is 1. The molecular formula is C24H23N3O2. The van der Waals surface area contributed by atoms with Crippen LogP contribution in [0.15, 0.2) is 72.8 Å². The molecule has 3 aromatic rings. The van der Waals surface area contributed by atoms with E-state index in [1.165, 1.54) is 5.56 Å². The number of benzene rings is 3. The standard InChI is InChI=1S/C24H23N3O2/c1-17(24(28)27-21-10-8-19(16-25)9-11-21)26-22-12-13-23(29-2)20(15-22)14-18-6-4-3-5-7-18/h3-13,15,17,26H,14H2,1-2H3,(H,27,28). The molecule has 0 bridgehead atoms. The fourth-order valence-corrected chi connectivity index (χ4v) is 3.02. The van der Waals surface area contributed by atoms with Gasteiger partial charge in [0.05, 0.1) is 18.7 Å². The van der Waals surface area contributed by atoms with Crippen LogP contribution in [0.3, 0.4) is 0 Å². The lowest BCUT2D eigenvalue weighted by Gasteiger charge is -2.17. The maximum atomic E-state index is 12.5. The van der Waals surface area contributed by atoms with Crippen LogP contribution in [0.5, 0.6) is 5.75 Å². The average Bonchev–Trinajstić information content (AvgIpc) is 2.75. The number of carbonyl (C=O) groups excluding carboxylic acids is 1. The third kappa shape index (κ3) is 5.36. The maximum absolute atomic E-state index is 12.5. The number of nitrogens with zero attached hydrogens (tertiary/aromatic N) is 1. The van der Waals surface area contributed by atoms with Crippen LogP contribution in [-0.4, -0.2) is 19.1 Å². The number of rotatable bonds is 7. The van der Waals surface area contributed by atoms with Crippen molar-refractivity contribution in [1.82, 2.24) is 0 Å². The predicted octanol–water partition coefficient (Wildman–Crippen LogP) is 4.60. The number of anilines is 2. The summed E-state index contributed by atoms with van der Waals surface area (Å²) in [6.45, 7) is 1.81. The topological polar surface area (TPSA) is 74.2 Å². The Labute approximate surface area is 171 Å². The van der Waals surface area contributed by atoms with E-state index in [4.69, 9.17) is 10.00 Å². The molecule has 29 heavy (non-hydrogen) atoms. The number of methoxy groups -OCH3 is 1. The first-order valence-electron chi connectivity index (χ1n) is 9.37. The van der Waals surface area contributed by atoms with Gasteiger partial charge in [-0.2, -0.15) is 5.26 Å². The summed E-state index contributed by atoms with van der Waals surface area (Å²) < 4.78 is 5.49. The summed E-state index contributed by atoms with van der Waals surface area (Å²) in [6, 6.07) is 24.4. The lowest BCUT2D eigenvalue weighted by atomic mass is 10.0. The van der Waals surface area contributed by atoms with E-state index in [0.29, 0.717) is 11.3 Å². The molecule has 0 fully saturated rings. The van der Waals surface area contributed by atoms with E-state index in [1.807, 2.05) is 36.4 Å². The van der Waals surface area contributed by atoms with Crippen LogP contribution in [0.1, 0.15) is 23.6 Å². The zero-order chi connectivity index (χ0) is 20.6. The third-order valence-corrected chi connectivity index (χ3v) is 4.58. The van der Waals surface area contributed by atoms with E-state index in [0.717, 1.165) is 23.4 Å². The van der Waals surface area contributed by atoms with Crippen molar-refractivity contribution in [3.05, 3.63) is 89.5 Å². The summed E-state index contributed by atoms with van der Waals surface area (Å²) in [5.74, 6) is 0.657. The largest absolute Gasteiger partial charge is 0.496 e. The first kappa shape index (κ1) is 20.0. The maximum Gasteiger partial charge on any atom is 0.246 e. The number of ether oxygens (including phenoxy) is 1. The summed E-state index contributed by atoms with van der Waals surface area (Å²) in [6.07, 6.45) is 0.741. The molecule has 0 radical (unpaired) electrons. The van der Waals surface area contributed by atoms with Gasteiger partial charge < -0.3 is 15.4 Å². The van der Waals surface area contributed by atoms with Gasteiger partial charge in [-0.25, -0.2) is 0 Å². The van der Waals surface area contributed by atoms with E-state index in [9.17, 15) is 4.79 Å². The van der Waals surface area contributed by atoms with E-state index >= 15 is 0 Å². The van der Waals surface area contributed by atoms with Crippen molar-refractivity contribution in [2.45, 2.75) is 19.4 Å². The molecular weight excluding hydrogens is 362 g/mol. The SMILES string of the molecule is COc1ccc(NC(C)C(=O)Nc2ccc(C#N)cc2)cc1Cc1ccccc1. The van der Waals surface area contributed by atoms with Gasteiger partial charge in [0.2, 0.25) is 5.91 Å². The van der Waals surface area contributed by atoms with Gasteiger partial charge in [-0.3, -0.25) is 4.79 Å². The van der Waals surface area contributed by atoms with Crippen molar-refractivity contribution >= 4 is 17.3 Å². The highest BCUT2D eigenvalue weighted by Crippen LogP contribution is 2.26. The molecule has 2 N–H and O–H groups in total. The molecule has 0 aliphatic heterocycles. The van der Waals surface area contributed by atoms with Crippen LogP contribution in [-0.2, 0) is 11.2 Å². The summed E-state index contributed by atoms with van der Waals surface area (Å²) in [7, 11) is 1.66. The summed E-state index contributed by atoms with van der Waals surface area (Å²) in [4.78, 5) is 12.5. The quantitative estimate of drug-likeness (QED) is 0.623. The molecule has 0 saturated carbocycles. The minimum atomic E-state index is -0.441. The van der Waals surface area contributed by atoms with Crippen LogP contribution in [0.4, 0.5) is 11.4 Å². The van der Waals surface area contributed by atoms with Crippen LogP contribution < -0.4 is 15.4 Å². The summed E-state index contributed by atoms with van der Waals surface area (Å²) in [5, 5.41) is 15.0. The molecule has 5 heteroatoms. The van der Waals surface area contributed by atoms with Gasteiger partial charge in [0.1, 0.15) is 11.8 Å². The van der Waals surface area contributed by atoms with Gasteiger partial charge in [0, 0.05) is 23.4 Å². The number of hydrogen-bond acceptors (Lipinski definition) is 4. The molecule has 0 heterocycles. The first-order valence-corrected chi connectivity index (χ1v) is 9.37. The molecule has 1 unspecified atom stereocenters. The number of amides is 1. The number of hydrogen-bond donors (Lipinski definition) is 2. The van der Waals surface area contributed by atoms with Gasteiger partial charge in [0.15, 0.2) is 0 Å². The molecule has 0 saturated heterocycles. The van der Waals surface area contributed by atoms with E-state index in [2.05, 4.69) is 28.8 Å². The summed E-state index contributed by atoms with van der Waals surface area (Å²) >= 11 is 0. The van der Waals surface area contributed by atoms with Gasteiger partial charge in [-0.15, -0.1) is 0 Å². The monoisotopic (exact) mass is 385 g/mol. The zero-order valence-electron chi connectivity index (χ0n) is 16.5. The van der Waals surface area contributed by atoms with Gasteiger partial charge in [0.25, 0.3) is 0 Å². The molecule has 0 aliphatic carbocycles. The lowest BCUT2D eigenvalue weighted by Crippen LogP contribution is -2.31. The predicted molar refractivity (Wildman–Crippen MR) is 115 cm³/mol. The molecule has 3 rings (SSSR count). The van der Waals surface area contributed by atoms with Crippen molar-refractivity contribution in [3.8, 4) is 11.8 Å². The van der Waals surface area contributed by atoms with Crippen molar-refractivity contribution in [1.29, 1.82) is 5.26 Å². The third-order valence-electron chi connectivity index (χ3n) is 4.58. The van der Waals surface area contributed by atoms with E-state index < -0.39 is 6.04 Å². The molecule has 3 aromatic carbocycles. The first-order chi connectivity index (χ1) is 14.1. The Kier molecular flexibility index (Phi) is 6.49. The minimum absolute atomic E-state index is 0.157. The Morgan fingerprint density at radius 1 is 1.03 bits per heavy atom. The lowest BCUT2D eigenvalue weighted by molar-refractivity contribution is -0.116. The van der Waals surface area contributed by atoms with Crippen LogP contribution in [0, 0.1) is 11.3 Å². The van der Waals surface area contributed by atoms with Gasteiger partial charge >= 0.3 is 0 Å². The van der Waals surface area contributed by atoms with Crippen LogP contribution in [0.25, 0.3) is 0 Å².